The van der Waals surface area contributed by atoms with Gasteiger partial charge < -0.3 is 19.9 Å². The van der Waals surface area contributed by atoms with Gasteiger partial charge in [0.05, 0.1) is 5.52 Å². The number of aromatic nitrogens is 2. The summed E-state index contributed by atoms with van der Waals surface area (Å²) < 4.78 is 71.0. The quantitative estimate of drug-likeness (QED) is 0.315. The van der Waals surface area contributed by atoms with Gasteiger partial charge in [0.25, 0.3) is 0 Å². The number of alkyl halides is 3. The van der Waals surface area contributed by atoms with E-state index in [0.717, 1.165) is 54.5 Å². The molecule has 2 N–H and O–H groups in total. The third-order valence-electron chi connectivity index (χ3n) is 8.11. The van der Waals surface area contributed by atoms with Gasteiger partial charge in [-0.25, -0.2) is 18.1 Å². The number of hydrogen-bond acceptors (Lipinski definition) is 8. The zero-order chi connectivity index (χ0) is 31.5. The van der Waals surface area contributed by atoms with Gasteiger partial charge in [0, 0.05) is 56.1 Å². The molecule has 3 aromatic rings. The summed E-state index contributed by atoms with van der Waals surface area (Å²) in [5.74, 6) is 1.05. The minimum Gasteiger partial charge on any atom is -0.404 e. The summed E-state index contributed by atoms with van der Waals surface area (Å²) in [6.45, 7) is 5.02. The molecule has 15 heteroatoms. The minimum absolute atomic E-state index is 0.0562. The Morgan fingerprint density at radius 2 is 1.66 bits per heavy atom. The second-order valence-electron chi connectivity index (χ2n) is 11.1. The lowest BCUT2D eigenvalue weighted by Gasteiger charge is -2.35. The number of sulfonamides is 1. The fourth-order valence-corrected chi connectivity index (χ4v) is 7.27. The van der Waals surface area contributed by atoms with Gasteiger partial charge in [0.1, 0.15) is 10.7 Å². The van der Waals surface area contributed by atoms with Crippen molar-refractivity contribution in [1.82, 2.24) is 19.6 Å². The van der Waals surface area contributed by atoms with Crippen LogP contribution in [0.15, 0.2) is 51.8 Å². The van der Waals surface area contributed by atoms with E-state index in [4.69, 9.17) is 9.97 Å². The maximum Gasteiger partial charge on any atom is 0.573 e. The van der Waals surface area contributed by atoms with Crippen molar-refractivity contribution < 1.29 is 31.1 Å². The second kappa shape index (κ2) is 13.4. The molecule has 1 saturated heterocycles. The van der Waals surface area contributed by atoms with Gasteiger partial charge in [-0.05, 0) is 67.9 Å². The zero-order valence-electron chi connectivity index (χ0n) is 24.1. The molecule has 2 heterocycles. The van der Waals surface area contributed by atoms with Gasteiger partial charge >= 0.3 is 6.36 Å². The molecule has 0 bridgehead atoms. The lowest BCUT2D eigenvalue weighted by Crippen LogP contribution is -2.48. The maximum atomic E-state index is 12.9. The second-order valence-corrected chi connectivity index (χ2v) is 13.8. The average Bonchev–Trinajstić information content (AvgIpc) is 2.98. The topological polar surface area (TPSA) is 117 Å². The molecule has 1 aromatic heterocycles. The van der Waals surface area contributed by atoms with E-state index >= 15 is 0 Å². The Balaban J connectivity index is 1.16. The molecule has 2 aromatic carbocycles. The summed E-state index contributed by atoms with van der Waals surface area (Å²) in [4.78, 5) is 24.8. The first-order valence-electron chi connectivity index (χ1n) is 14.4. The summed E-state index contributed by atoms with van der Waals surface area (Å²) in [5.41, 5.74) is 0.833. The van der Waals surface area contributed by atoms with Gasteiger partial charge in [-0.2, -0.15) is 4.98 Å². The number of nitrogens with one attached hydrogen (secondary N) is 2. The molecule has 238 valence electrons. The van der Waals surface area contributed by atoms with E-state index in [0.29, 0.717) is 44.6 Å². The summed E-state index contributed by atoms with van der Waals surface area (Å²) in [6.07, 6.45) is -1.78. The van der Waals surface area contributed by atoms with Crippen molar-refractivity contribution >= 4 is 54.5 Å². The van der Waals surface area contributed by atoms with Gasteiger partial charge in [0.2, 0.25) is 21.9 Å². The van der Waals surface area contributed by atoms with E-state index in [1.165, 1.54) is 6.07 Å². The molecule has 0 atom stereocenters. The SMILES string of the molecule is CC(=O)N1CCN(c2nc(NC[C@H]3CC[C@H](CNS(=O)(=O)c4ccc(Br)cc4OC(F)(F)F)CC3)nc3ccccc23)CC1. The van der Waals surface area contributed by atoms with Crippen LogP contribution in [0.2, 0.25) is 0 Å². The monoisotopic (exact) mass is 698 g/mol. The number of ether oxygens (including phenoxy) is 1. The Morgan fingerprint density at radius 1 is 1.00 bits per heavy atom. The van der Waals surface area contributed by atoms with Gasteiger partial charge in [-0.3, -0.25) is 4.79 Å². The molecule has 10 nitrogen and oxygen atoms in total. The molecule has 1 aliphatic carbocycles. The van der Waals surface area contributed by atoms with Crippen LogP contribution < -0.4 is 19.7 Å². The molecular weight excluding hydrogens is 665 g/mol. The number of para-hydroxylation sites is 1. The van der Waals surface area contributed by atoms with Crippen LogP contribution in [-0.2, 0) is 14.8 Å². The first kappa shape index (κ1) is 32.2. The zero-order valence-corrected chi connectivity index (χ0v) is 26.5. The molecule has 0 spiro atoms. The standard InChI is InChI=1S/C29H34BrF3N6O4S/c1-19(40)38-12-14-39(15-13-38)27-23-4-2-3-5-24(23)36-28(37-27)34-17-20-6-8-21(9-7-20)18-35-44(41,42)26-11-10-22(30)16-25(26)43-29(31,32)33/h2-5,10-11,16,20-21,35H,6-9,12-15,17-18H2,1H3,(H,34,36,37)/t20-,21-. The van der Waals surface area contributed by atoms with E-state index < -0.39 is 27.0 Å². The molecular formula is C29H34BrF3N6O4S. The lowest BCUT2D eigenvalue weighted by atomic mass is 9.82. The first-order valence-corrected chi connectivity index (χ1v) is 16.7. The normalized spacial score (nSPS) is 19.7. The molecule has 1 amide bonds. The minimum atomic E-state index is -5.03. The summed E-state index contributed by atoms with van der Waals surface area (Å²) in [7, 11) is -4.23. The van der Waals surface area contributed by atoms with E-state index in [1.807, 2.05) is 29.2 Å². The Labute approximate surface area is 262 Å². The fourth-order valence-electron chi connectivity index (χ4n) is 5.70. The number of piperazine rings is 1. The predicted octanol–water partition coefficient (Wildman–Crippen LogP) is 5.16. The van der Waals surface area contributed by atoms with Gasteiger partial charge in [-0.15, -0.1) is 13.2 Å². The third kappa shape index (κ3) is 8.10. The van der Waals surface area contributed by atoms with Crippen LogP contribution in [0.3, 0.4) is 0 Å². The fraction of sp³-hybridized carbons (Fsp3) is 0.483. The van der Waals surface area contributed by atoms with Crippen molar-refractivity contribution in [1.29, 1.82) is 0 Å². The molecule has 0 radical (unpaired) electrons. The lowest BCUT2D eigenvalue weighted by molar-refractivity contribution is -0.275. The van der Waals surface area contributed by atoms with Crippen LogP contribution in [0.5, 0.6) is 5.75 Å². The van der Waals surface area contributed by atoms with Crippen LogP contribution in [0.25, 0.3) is 10.9 Å². The number of carbonyl (C=O) groups is 1. The van der Waals surface area contributed by atoms with Crippen molar-refractivity contribution in [2.24, 2.45) is 11.8 Å². The highest BCUT2D eigenvalue weighted by Crippen LogP contribution is 2.34. The number of fused-ring (bicyclic) bond motifs is 1. The number of amides is 1. The van der Waals surface area contributed by atoms with Crippen molar-refractivity contribution in [2.45, 2.75) is 43.9 Å². The Morgan fingerprint density at radius 3 is 2.32 bits per heavy atom. The van der Waals surface area contributed by atoms with Crippen molar-refractivity contribution in [3.63, 3.8) is 0 Å². The number of nitrogens with zero attached hydrogens (tertiary/aromatic N) is 4. The molecule has 1 aliphatic heterocycles. The smallest absolute Gasteiger partial charge is 0.404 e. The van der Waals surface area contributed by atoms with E-state index in [1.54, 1.807) is 6.92 Å². The van der Waals surface area contributed by atoms with E-state index in [-0.39, 0.29) is 22.8 Å². The largest absolute Gasteiger partial charge is 0.573 e. The molecule has 2 fully saturated rings. The number of rotatable bonds is 9. The van der Waals surface area contributed by atoms with Gasteiger partial charge in [-0.1, -0.05) is 28.1 Å². The average molecular weight is 700 g/mol. The Hall–Kier alpha value is -3.17. The number of carbonyl (C=O) groups excluding carboxylic acids is 1. The highest BCUT2D eigenvalue weighted by molar-refractivity contribution is 9.10. The molecule has 5 rings (SSSR count). The predicted molar refractivity (Wildman–Crippen MR) is 164 cm³/mol. The van der Waals surface area contributed by atoms with Crippen LogP contribution in [0.1, 0.15) is 32.6 Å². The number of anilines is 2. The number of halogens is 4. The molecule has 1 saturated carbocycles. The van der Waals surface area contributed by atoms with Crippen molar-refractivity contribution in [3.8, 4) is 5.75 Å². The Bertz CT molecular complexity index is 1590. The molecule has 2 aliphatic rings. The van der Waals surface area contributed by atoms with Crippen molar-refractivity contribution in [2.75, 3.05) is 49.5 Å². The first-order chi connectivity index (χ1) is 20.9. The summed E-state index contributed by atoms with van der Waals surface area (Å²) in [5, 5.41) is 4.36. The molecule has 0 unspecified atom stereocenters. The van der Waals surface area contributed by atoms with E-state index in [2.05, 4.69) is 35.6 Å². The highest BCUT2D eigenvalue weighted by Gasteiger charge is 2.34. The van der Waals surface area contributed by atoms with Crippen molar-refractivity contribution in [3.05, 3.63) is 46.9 Å². The highest BCUT2D eigenvalue weighted by atomic mass is 79.9. The number of benzene rings is 2. The van der Waals surface area contributed by atoms with Crippen LogP contribution in [0, 0.1) is 11.8 Å². The van der Waals surface area contributed by atoms with Gasteiger partial charge in [0.15, 0.2) is 5.75 Å². The number of hydrogen-bond donors (Lipinski definition) is 2. The van der Waals surface area contributed by atoms with Crippen LogP contribution in [0.4, 0.5) is 24.9 Å². The molecule has 44 heavy (non-hydrogen) atoms. The summed E-state index contributed by atoms with van der Waals surface area (Å²) >= 11 is 3.05. The maximum absolute atomic E-state index is 12.9. The van der Waals surface area contributed by atoms with Crippen LogP contribution in [-0.4, -0.2) is 74.8 Å². The summed E-state index contributed by atoms with van der Waals surface area (Å²) in [6, 6.07) is 11.3. The van der Waals surface area contributed by atoms with Crippen LogP contribution >= 0.6 is 15.9 Å². The third-order valence-corrected chi connectivity index (χ3v) is 10.1. The van der Waals surface area contributed by atoms with E-state index in [9.17, 15) is 26.4 Å². The Kier molecular flexibility index (Phi) is 9.85.